The Kier molecular flexibility index (Phi) is 5.01. The molecule has 6 heteroatoms. The Hall–Kier alpha value is -1.82. The topological polar surface area (TPSA) is 88.8 Å². The predicted molar refractivity (Wildman–Crippen MR) is 75.1 cm³/mol. The highest BCUT2D eigenvalue weighted by molar-refractivity contribution is 5.88. The Morgan fingerprint density at radius 2 is 2.19 bits per heavy atom. The number of rotatable bonds is 6. The minimum absolute atomic E-state index is 0.0796. The van der Waals surface area contributed by atoms with Crippen LogP contribution in [-0.2, 0) is 16.1 Å². The van der Waals surface area contributed by atoms with Crippen LogP contribution in [0.2, 0.25) is 0 Å². The molecule has 1 aliphatic heterocycles. The molecule has 1 amide bonds. The number of carboxylic acids is 1. The number of furan rings is 1. The molecule has 0 radical (unpaired) electrons. The number of carbonyl (C=O) groups excluding carboxylic acids is 1. The average Bonchev–Trinajstić information content (AvgIpc) is 3.00. The monoisotopic (exact) mass is 295 g/mol. The van der Waals surface area contributed by atoms with Gasteiger partial charge in [0.25, 0.3) is 0 Å². The molecule has 21 heavy (non-hydrogen) atoms. The van der Waals surface area contributed by atoms with E-state index in [0.29, 0.717) is 30.5 Å². The van der Waals surface area contributed by atoms with Crippen LogP contribution in [0.5, 0.6) is 0 Å². The first-order valence-electron chi connectivity index (χ1n) is 7.20. The fourth-order valence-corrected chi connectivity index (χ4v) is 2.51. The van der Waals surface area contributed by atoms with Gasteiger partial charge in [-0.2, -0.15) is 0 Å². The van der Waals surface area contributed by atoms with Crippen LogP contribution in [0.4, 0.5) is 0 Å². The van der Waals surface area contributed by atoms with Crippen LogP contribution in [0.3, 0.4) is 0 Å². The second-order valence-corrected chi connectivity index (χ2v) is 5.45. The van der Waals surface area contributed by atoms with Crippen LogP contribution in [0.15, 0.2) is 10.5 Å². The molecule has 2 rings (SSSR count). The molecule has 2 heterocycles. The van der Waals surface area contributed by atoms with E-state index in [-0.39, 0.29) is 24.1 Å². The predicted octanol–water partition coefficient (Wildman–Crippen LogP) is 2.25. The third kappa shape index (κ3) is 4.32. The number of ether oxygens (including phenoxy) is 1. The van der Waals surface area contributed by atoms with Crippen LogP contribution >= 0.6 is 0 Å². The van der Waals surface area contributed by atoms with Gasteiger partial charge in [0.15, 0.2) is 0 Å². The molecule has 0 spiro atoms. The van der Waals surface area contributed by atoms with Crippen molar-refractivity contribution in [2.75, 3.05) is 0 Å². The lowest BCUT2D eigenvalue weighted by atomic mass is 10.1. The van der Waals surface area contributed by atoms with Crippen LogP contribution in [0, 0.1) is 6.92 Å². The maximum absolute atomic E-state index is 11.8. The first kappa shape index (κ1) is 15.6. The summed E-state index contributed by atoms with van der Waals surface area (Å²) in [5.41, 5.74) is 0.132. The van der Waals surface area contributed by atoms with Gasteiger partial charge in [0.1, 0.15) is 17.1 Å². The van der Waals surface area contributed by atoms with E-state index in [4.69, 9.17) is 14.3 Å². The van der Waals surface area contributed by atoms with Crippen molar-refractivity contribution in [1.29, 1.82) is 0 Å². The number of hydrogen-bond donors (Lipinski definition) is 2. The number of nitrogens with one attached hydrogen (secondary N) is 1. The Bertz CT molecular complexity index is 522. The molecule has 6 nitrogen and oxygen atoms in total. The zero-order valence-corrected chi connectivity index (χ0v) is 12.3. The Morgan fingerprint density at radius 3 is 2.76 bits per heavy atom. The summed E-state index contributed by atoms with van der Waals surface area (Å²) in [5.74, 6) is -0.311. The molecule has 0 unspecified atom stereocenters. The molecule has 0 saturated carbocycles. The summed E-state index contributed by atoms with van der Waals surface area (Å²) in [6.45, 7) is 3.83. The Morgan fingerprint density at radius 1 is 1.43 bits per heavy atom. The van der Waals surface area contributed by atoms with Crippen molar-refractivity contribution in [3.63, 3.8) is 0 Å². The van der Waals surface area contributed by atoms with E-state index in [9.17, 15) is 9.59 Å². The fraction of sp³-hybridized carbons (Fsp3) is 0.600. The van der Waals surface area contributed by atoms with Crippen molar-refractivity contribution in [1.82, 2.24) is 5.32 Å². The lowest BCUT2D eigenvalue weighted by molar-refractivity contribution is -0.122. The van der Waals surface area contributed by atoms with Crippen molar-refractivity contribution >= 4 is 11.9 Å². The SMILES string of the molecule is Cc1oc(CNC(=O)CC[C@@H]2CC[C@H](C)O2)cc1C(=O)O. The average molecular weight is 295 g/mol. The zero-order chi connectivity index (χ0) is 15.4. The van der Waals surface area contributed by atoms with Gasteiger partial charge in [0, 0.05) is 6.42 Å². The summed E-state index contributed by atoms with van der Waals surface area (Å²) in [6, 6.07) is 1.44. The third-order valence-electron chi connectivity index (χ3n) is 3.67. The highest BCUT2D eigenvalue weighted by atomic mass is 16.5. The molecule has 1 aromatic heterocycles. The normalized spacial score (nSPS) is 21.4. The number of hydrogen-bond acceptors (Lipinski definition) is 4. The van der Waals surface area contributed by atoms with Gasteiger partial charge in [-0.15, -0.1) is 0 Å². The van der Waals surface area contributed by atoms with E-state index >= 15 is 0 Å². The molecule has 2 atom stereocenters. The van der Waals surface area contributed by atoms with Gasteiger partial charge < -0.3 is 19.6 Å². The van der Waals surface area contributed by atoms with Gasteiger partial charge >= 0.3 is 5.97 Å². The zero-order valence-electron chi connectivity index (χ0n) is 12.3. The number of carbonyl (C=O) groups is 2. The van der Waals surface area contributed by atoms with Crippen molar-refractivity contribution in [3.8, 4) is 0 Å². The lowest BCUT2D eigenvalue weighted by Crippen LogP contribution is -2.23. The molecule has 2 N–H and O–H groups in total. The Labute approximate surface area is 123 Å². The Balaban J connectivity index is 1.73. The summed E-state index contributed by atoms with van der Waals surface area (Å²) >= 11 is 0. The molecule has 1 aliphatic rings. The molecule has 116 valence electrons. The van der Waals surface area contributed by atoms with Crippen LogP contribution in [0.25, 0.3) is 0 Å². The number of carboxylic acid groups (broad SMARTS) is 1. The summed E-state index contributed by atoms with van der Waals surface area (Å²) in [4.78, 5) is 22.6. The van der Waals surface area contributed by atoms with Crippen molar-refractivity contribution in [2.45, 2.75) is 58.3 Å². The van der Waals surface area contributed by atoms with E-state index in [2.05, 4.69) is 5.32 Å². The maximum Gasteiger partial charge on any atom is 0.339 e. The van der Waals surface area contributed by atoms with Gasteiger partial charge in [0.05, 0.1) is 18.8 Å². The van der Waals surface area contributed by atoms with Gasteiger partial charge in [0.2, 0.25) is 5.91 Å². The fourth-order valence-electron chi connectivity index (χ4n) is 2.51. The first-order chi connectivity index (χ1) is 9.95. The van der Waals surface area contributed by atoms with E-state index in [1.54, 1.807) is 6.92 Å². The summed E-state index contributed by atoms with van der Waals surface area (Å²) in [6.07, 6.45) is 3.65. The lowest BCUT2D eigenvalue weighted by Gasteiger charge is -2.10. The highest BCUT2D eigenvalue weighted by Crippen LogP contribution is 2.22. The molecule has 1 aromatic rings. The van der Waals surface area contributed by atoms with Gasteiger partial charge in [-0.1, -0.05) is 0 Å². The minimum Gasteiger partial charge on any atom is -0.478 e. The van der Waals surface area contributed by atoms with E-state index in [1.807, 2.05) is 6.92 Å². The van der Waals surface area contributed by atoms with Crippen molar-refractivity contribution in [2.24, 2.45) is 0 Å². The second-order valence-electron chi connectivity index (χ2n) is 5.45. The number of aryl methyl sites for hydroxylation is 1. The van der Waals surface area contributed by atoms with Gasteiger partial charge in [-0.3, -0.25) is 4.79 Å². The van der Waals surface area contributed by atoms with E-state index < -0.39 is 5.97 Å². The molecule has 0 aliphatic carbocycles. The smallest absolute Gasteiger partial charge is 0.339 e. The largest absolute Gasteiger partial charge is 0.478 e. The van der Waals surface area contributed by atoms with Crippen LogP contribution < -0.4 is 5.32 Å². The second kappa shape index (κ2) is 6.76. The maximum atomic E-state index is 11.8. The molecular weight excluding hydrogens is 274 g/mol. The van der Waals surface area contributed by atoms with Gasteiger partial charge in [-0.25, -0.2) is 4.79 Å². The van der Waals surface area contributed by atoms with Crippen LogP contribution in [-0.4, -0.2) is 29.2 Å². The van der Waals surface area contributed by atoms with E-state index in [0.717, 1.165) is 12.8 Å². The van der Waals surface area contributed by atoms with E-state index in [1.165, 1.54) is 6.07 Å². The first-order valence-corrected chi connectivity index (χ1v) is 7.20. The molecule has 1 fully saturated rings. The van der Waals surface area contributed by atoms with Crippen molar-refractivity contribution < 1.29 is 23.8 Å². The standard InChI is InChI=1S/C15H21NO5/c1-9-3-4-11(20-9)5-6-14(17)16-8-12-7-13(15(18)19)10(2)21-12/h7,9,11H,3-6,8H2,1-2H3,(H,16,17)(H,18,19)/t9-,11-/m0/s1. The number of aromatic carboxylic acids is 1. The summed E-state index contributed by atoms with van der Waals surface area (Å²) < 4.78 is 11.0. The molecule has 0 bridgehead atoms. The minimum atomic E-state index is -1.03. The van der Waals surface area contributed by atoms with Gasteiger partial charge in [-0.05, 0) is 39.2 Å². The molecule has 0 aromatic carbocycles. The summed E-state index contributed by atoms with van der Waals surface area (Å²) in [7, 11) is 0. The number of amides is 1. The highest BCUT2D eigenvalue weighted by Gasteiger charge is 2.22. The third-order valence-corrected chi connectivity index (χ3v) is 3.67. The quantitative estimate of drug-likeness (QED) is 0.840. The van der Waals surface area contributed by atoms with Crippen LogP contribution in [0.1, 0.15) is 54.5 Å². The molecule has 1 saturated heterocycles. The van der Waals surface area contributed by atoms with Crippen molar-refractivity contribution in [3.05, 3.63) is 23.2 Å². The molecular formula is C15H21NO5. The summed E-state index contributed by atoms with van der Waals surface area (Å²) in [5, 5.41) is 11.7.